The zero-order valence-corrected chi connectivity index (χ0v) is 11.1. The smallest absolute Gasteiger partial charge is 0.410 e. The van der Waals surface area contributed by atoms with E-state index in [4.69, 9.17) is 9.47 Å². The molecule has 0 aromatic rings. The molecule has 0 unspecified atom stereocenters. The van der Waals surface area contributed by atoms with Crippen LogP contribution in [0.5, 0.6) is 0 Å². The number of amides is 1. The highest BCUT2D eigenvalue weighted by Crippen LogP contribution is 2.37. The second kappa shape index (κ2) is 4.48. The van der Waals surface area contributed by atoms with Gasteiger partial charge in [0.2, 0.25) is 0 Å². The monoisotopic (exact) mass is 241 g/mol. The number of carbonyl (C=O) groups excluding carboxylic acids is 1. The molecule has 0 saturated carbocycles. The van der Waals surface area contributed by atoms with Crippen molar-refractivity contribution in [2.24, 2.45) is 5.41 Å². The van der Waals surface area contributed by atoms with E-state index in [1.54, 1.807) is 0 Å². The van der Waals surface area contributed by atoms with Crippen LogP contribution < -0.4 is 0 Å². The van der Waals surface area contributed by atoms with E-state index in [-0.39, 0.29) is 11.5 Å². The Morgan fingerprint density at radius 3 is 2.71 bits per heavy atom. The van der Waals surface area contributed by atoms with Crippen LogP contribution in [0.3, 0.4) is 0 Å². The third kappa shape index (κ3) is 3.12. The Kier molecular flexibility index (Phi) is 3.34. The zero-order valence-electron chi connectivity index (χ0n) is 11.1. The second-order valence-electron chi connectivity index (χ2n) is 6.31. The van der Waals surface area contributed by atoms with E-state index in [9.17, 15) is 4.79 Å². The lowest BCUT2D eigenvalue weighted by Crippen LogP contribution is -2.48. The van der Waals surface area contributed by atoms with E-state index < -0.39 is 5.60 Å². The number of nitrogens with zero attached hydrogens (tertiary/aromatic N) is 1. The number of carbonyl (C=O) groups is 1. The largest absolute Gasteiger partial charge is 0.444 e. The molecule has 4 nitrogen and oxygen atoms in total. The quantitative estimate of drug-likeness (QED) is 0.654. The van der Waals surface area contributed by atoms with E-state index in [1.165, 1.54) is 6.42 Å². The van der Waals surface area contributed by atoms with Crippen LogP contribution in [0.2, 0.25) is 0 Å². The maximum Gasteiger partial charge on any atom is 0.410 e. The minimum absolute atomic E-state index is 0.177. The molecular formula is C13H23NO3. The molecule has 98 valence electrons. The highest BCUT2D eigenvalue weighted by Gasteiger charge is 2.41. The third-order valence-electron chi connectivity index (χ3n) is 3.50. The summed E-state index contributed by atoms with van der Waals surface area (Å²) in [5.74, 6) is 0. The van der Waals surface area contributed by atoms with Crippen LogP contribution in [0.4, 0.5) is 4.79 Å². The van der Waals surface area contributed by atoms with Crippen LogP contribution >= 0.6 is 0 Å². The molecule has 0 aromatic carbocycles. The summed E-state index contributed by atoms with van der Waals surface area (Å²) in [4.78, 5) is 13.9. The Bertz CT molecular complexity index is 290. The molecule has 0 aromatic heterocycles. The number of ether oxygens (including phenoxy) is 2. The van der Waals surface area contributed by atoms with Gasteiger partial charge in [0.05, 0.1) is 6.61 Å². The van der Waals surface area contributed by atoms with Gasteiger partial charge in [-0.25, -0.2) is 4.79 Å². The van der Waals surface area contributed by atoms with Crippen LogP contribution in [0.1, 0.15) is 40.0 Å². The summed E-state index contributed by atoms with van der Waals surface area (Å²) in [7, 11) is 0. The van der Waals surface area contributed by atoms with E-state index >= 15 is 0 Å². The molecule has 0 bridgehead atoms. The summed E-state index contributed by atoms with van der Waals surface area (Å²) in [6, 6.07) is 0. The minimum atomic E-state index is -0.409. The van der Waals surface area contributed by atoms with Gasteiger partial charge in [-0.1, -0.05) is 0 Å². The predicted octanol–water partition coefficient (Wildman–Crippen LogP) is 2.42. The SMILES string of the molecule is CC(C)(C)OC(=O)N1CCC[C@@]2(CCOC2)C1. The number of piperidine rings is 1. The first-order chi connectivity index (χ1) is 7.90. The van der Waals surface area contributed by atoms with Gasteiger partial charge < -0.3 is 14.4 Å². The number of rotatable bonds is 0. The average Bonchev–Trinajstić information content (AvgIpc) is 2.64. The Labute approximate surface area is 103 Å². The normalized spacial score (nSPS) is 29.7. The van der Waals surface area contributed by atoms with E-state index in [0.29, 0.717) is 0 Å². The molecule has 2 aliphatic rings. The molecule has 2 aliphatic heterocycles. The van der Waals surface area contributed by atoms with Gasteiger partial charge in [-0.05, 0) is 40.0 Å². The topological polar surface area (TPSA) is 38.8 Å². The van der Waals surface area contributed by atoms with Gasteiger partial charge in [-0.15, -0.1) is 0 Å². The fraction of sp³-hybridized carbons (Fsp3) is 0.923. The molecule has 1 amide bonds. The van der Waals surface area contributed by atoms with E-state index in [0.717, 1.165) is 39.1 Å². The first-order valence-corrected chi connectivity index (χ1v) is 6.46. The van der Waals surface area contributed by atoms with Crippen molar-refractivity contribution in [3.05, 3.63) is 0 Å². The molecule has 0 aliphatic carbocycles. The number of hydrogen-bond acceptors (Lipinski definition) is 3. The Balaban J connectivity index is 1.95. The summed E-state index contributed by atoms with van der Waals surface area (Å²) in [6.45, 7) is 8.96. The van der Waals surface area contributed by atoms with Crippen LogP contribution in [-0.4, -0.2) is 42.9 Å². The molecule has 17 heavy (non-hydrogen) atoms. The second-order valence-corrected chi connectivity index (χ2v) is 6.31. The summed E-state index contributed by atoms with van der Waals surface area (Å²) in [6.07, 6.45) is 3.13. The molecule has 1 atom stereocenters. The van der Waals surface area contributed by atoms with Crippen LogP contribution in [-0.2, 0) is 9.47 Å². The molecule has 2 rings (SSSR count). The Morgan fingerprint density at radius 1 is 1.35 bits per heavy atom. The molecule has 4 heteroatoms. The maximum atomic E-state index is 12.0. The van der Waals surface area contributed by atoms with Crippen molar-refractivity contribution in [1.29, 1.82) is 0 Å². The van der Waals surface area contributed by atoms with Crippen molar-refractivity contribution in [2.45, 2.75) is 45.6 Å². The molecule has 2 saturated heterocycles. The fourth-order valence-corrected chi connectivity index (χ4v) is 2.66. The van der Waals surface area contributed by atoms with Gasteiger partial charge in [0.1, 0.15) is 5.60 Å². The maximum absolute atomic E-state index is 12.0. The molecule has 0 N–H and O–H groups in total. The van der Waals surface area contributed by atoms with Gasteiger partial charge in [0, 0.05) is 25.1 Å². The zero-order chi connectivity index (χ0) is 12.5. The highest BCUT2D eigenvalue weighted by atomic mass is 16.6. The summed E-state index contributed by atoms with van der Waals surface area (Å²) >= 11 is 0. The Hall–Kier alpha value is -0.770. The predicted molar refractivity (Wildman–Crippen MR) is 64.9 cm³/mol. The molecule has 2 heterocycles. The average molecular weight is 241 g/mol. The standard InChI is InChI=1S/C13H23NO3/c1-12(2,3)17-11(15)14-7-4-5-13(9-14)6-8-16-10-13/h4-10H2,1-3H3/t13-/m1/s1. The van der Waals surface area contributed by atoms with Crippen molar-refractivity contribution in [1.82, 2.24) is 4.90 Å². The minimum Gasteiger partial charge on any atom is -0.444 e. The highest BCUT2D eigenvalue weighted by molar-refractivity contribution is 5.68. The lowest BCUT2D eigenvalue weighted by molar-refractivity contribution is 0.00227. The van der Waals surface area contributed by atoms with Crippen LogP contribution in [0.15, 0.2) is 0 Å². The number of hydrogen-bond donors (Lipinski definition) is 0. The lowest BCUT2D eigenvalue weighted by atomic mass is 9.79. The first-order valence-electron chi connectivity index (χ1n) is 6.46. The van der Waals surface area contributed by atoms with E-state index in [1.807, 2.05) is 25.7 Å². The van der Waals surface area contributed by atoms with Crippen molar-refractivity contribution in [2.75, 3.05) is 26.3 Å². The first kappa shape index (κ1) is 12.7. The van der Waals surface area contributed by atoms with Crippen molar-refractivity contribution >= 4 is 6.09 Å². The van der Waals surface area contributed by atoms with Gasteiger partial charge in [0.25, 0.3) is 0 Å². The van der Waals surface area contributed by atoms with E-state index in [2.05, 4.69) is 0 Å². The van der Waals surface area contributed by atoms with Gasteiger partial charge >= 0.3 is 6.09 Å². The van der Waals surface area contributed by atoms with Crippen molar-refractivity contribution in [3.8, 4) is 0 Å². The van der Waals surface area contributed by atoms with Gasteiger partial charge in [0.15, 0.2) is 0 Å². The molecule has 0 radical (unpaired) electrons. The molecular weight excluding hydrogens is 218 g/mol. The van der Waals surface area contributed by atoms with Gasteiger partial charge in [-0.2, -0.15) is 0 Å². The van der Waals surface area contributed by atoms with Crippen molar-refractivity contribution in [3.63, 3.8) is 0 Å². The van der Waals surface area contributed by atoms with Crippen LogP contribution in [0, 0.1) is 5.41 Å². The van der Waals surface area contributed by atoms with Crippen LogP contribution in [0.25, 0.3) is 0 Å². The third-order valence-corrected chi connectivity index (χ3v) is 3.50. The lowest BCUT2D eigenvalue weighted by Gasteiger charge is -2.39. The summed E-state index contributed by atoms with van der Waals surface area (Å²) in [5.41, 5.74) is -0.205. The molecule has 1 spiro atoms. The number of likely N-dealkylation sites (tertiary alicyclic amines) is 1. The summed E-state index contributed by atoms with van der Waals surface area (Å²) in [5, 5.41) is 0. The van der Waals surface area contributed by atoms with Gasteiger partial charge in [-0.3, -0.25) is 0 Å². The fourth-order valence-electron chi connectivity index (χ4n) is 2.66. The van der Waals surface area contributed by atoms with Crippen molar-refractivity contribution < 1.29 is 14.3 Å². The molecule has 2 fully saturated rings. The Morgan fingerprint density at radius 2 is 2.12 bits per heavy atom. The summed E-state index contributed by atoms with van der Waals surface area (Å²) < 4.78 is 10.9.